The van der Waals surface area contributed by atoms with Gasteiger partial charge in [0.05, 0.1) is 10.4 Å². The van der Waals surface area contributed by atoms with E-state index < -0.39 is 5.41 Å². The number of hydrogen-bond acceptors (Lipinski definition) is 3. The van der Waals surface area contributed by atoms with Crippen LogP contribution in [-0.2, 0) is 4.79 Å². The van der Waals surface area contributed by atoms with Gasteiger partial charge >= 0.3 is 0 Å². The molecule has 2 aliphatic rings. The van der Waals surface area contributed by atoms with Crippen molar-refractivity contribution >= 4 is 34.9 Å². The lowest BCUT2D eigenvalue weighted by molar-refractivity contribution is -0.127. The highest BCUT2D eigenvalue weighted by molar-refractivity contribution is 8.00. The molecule has 0 unspecified atom stereocenters. The lowest BCUT2D eigenvalue weighted by Crippen LogP contribution is -2.51. The molecule has 3 N–H and O–H groups in total. The molecule has 0 atom stereocenters. The molecule has 0 aliphatic heterocycles. The number of nitrogens with one attached hydrogen (secondary N) is 1. The van der Waals surface area contributed by atoms with E-state index in [1.165, 1.54) is 32.1 Å². The maximum atomic E-state index is 12.6. The Hall–Kier alpha value is -0.290. The van der Waals surface area contributed by atoms with Gasteiger partial charge in [-0.25, -0.2) is 0 Å². The van der Waals surface area contributed by atoms with Gasteiger partial charge in [0.25, 0.3) is 0 Å². The fourth-order valence-corrected chi connectivity index (χ4v) is 4.83. The molecule has 0 heterocycles. The predicted octanol–water partition coefficient (Wildman–Crippen LogP) is 3.02. The Morgan fingerprint density at radius 1 is 1.15 bits per heavy atom. The first-order chi connectivity index (χ1) is 9.55. The molecule has 3 nitrogen and oxygen atoms in total. The first kappa shape index (κ1) is 16.1. The second kappa shape index (κ2) is 6.65. The quantitative estimate of drug-likeness (QED) is 0.766. The number of rotatable bonds is 5. The molecule has 0 radical (unpaired) electrons. The summed E-state index contributed by atoms with van der Waals surface area (Å²) in [5.41, 5.74) is 5.31. The second-order valence-corrected chi connectivity index (χ2v) is 8.00. The fraction of sp³-hybridized carbons (Fsp3) is 0.867. The van der Waals surface area contributed by atoms with Crippen LogP contribution in [0.5, 0.6) is 0 Å². The molecule has 0 spiro atoms. The Morgan fingerprint density at radius 3 is 2.20 bits per heavy atom. The SMILES string of the molecule is CSC1(CNC(=O)C2(C(N)=S)CCCC2)CCCCC1. The van der Waals surface area contributed by atoms with Crippen LogP contribution in [0.1, 0.15) is 57.8 Å². The van der Waals surface area contributed by atoms with Crippen LogP contribution in [0.15, 0.2) is 0 Å². The normalized spacial score (nSPS) is 24.2. The summed E-state index contributed by atoms with van der Waals surface area (Å²) in [7, 11) is 0. The van der Waals surface area contributed by atoms with Gasteiger partial charge in [0.15, 0.2) is 0 Å². The van der Waals surface area contributed by atoms with Gasteiger partial charge in [0.1, 0.15) is 0 Å². The summed E-state index contributed by atoms with van der Waals surface area (Å²) < 4.78 is 0.226. The van der Waals surface area contributed by atoms with E-state index in [1.54, 1.807) is 0 Å². The standard InChI is InChI=1S/C15H26N2OS2/c1-20-14(7-3-2-4-8-14)11-17-13(18)15(12(16)19)9-5-6-10-15/h2-11H2,1H3,(H2,16,19)(H,17,18). The minimum absolute atomic E-state index is 0.0708. The zero-order valence-electron chi connectivity index (χ0n) is 12.4. The van der Waals surface area contributed by atoms with Gasteiger partial charge in [0, 0.05) is 11.3 Å². The van der Waals surface area contributed by atoms with E-state index in [2.05, 4.69) is 11.6 Å². The van der Waals surface area contributed by atoms with E-state index in [4.69, 9.17) is 18.0 Å². The molecule has 2 fully saturated rings. The maximum absolute atomic E-state index is 12.6. The van der Waals surface area contributed by atoms with Gasteiger partial charge in [-0.05, 0) is 31.9 Å². The number of carbonyl (C=O) groups is 1. The van der Waals surface area contributed by atoms with Crippen molar-refractivity contribution in [1.82, 2.24) is 5.32 Å². The largest absolute Gasteiger partial charge is 0.392 e. The monoisotopic (exact) mass is 314 g/mol. The van der Waals surface area contributed by atoms with Crippen LogP contribution >= 0.6 is 24.0 Å². The molecule has 0 aromatic carbocycles. The molecule has 1 amide bonds. The van der Waals surface area contributed by atoms with Crippen LogP contribution in [0.3, 0.4) is 0 Å². The highest BCUT2D eigenvalue weighted by Crippen LogP contribution is 2.40. The Kier molecular flexibility index (Phi) is 5.35. The Morgan fingerprint density at radius 2 is 1.70 bits per heavy atom. The lowest BCUT2D eigenvalue weighted by atomic mass is 9.84. The van der Waals surface area contributed by atoms with E-state index in [-0.39, 0.29) is 10.7 Å². The van der Waals surface area contributed by atoms with Crippen molar-refractivity contribution in [1.29, 1.82) is 0 Å². The summed E-state index contributed by atoms with van der Waals surface area (Å²) in [6.45, 7) is 0.761. The average Bonchev–Trinajstić information content (AvgIpc) is 2.97. The maximum Gasteiger partial charge on any atom is 0.233 e. The fourth-order valence-electron chi connectivity index (χ4n) is 3.62. The van der Waals surface area contributed by atoms with Crippen LogP contribution in [-0.4, -0.2) is 28.4 Å². The second-order valence-electron chi connectivity index (χ2n) is 6.28. The Labute approximate surface area is 131 Å². The van der Waals surface area contributed by atoms with Crippen molar-refractivity contribution in [2.24, 2.45) is 11.1 Å². The van der Waals surface area contributed by atoms with Crippen molar-refractivity contribution in [2.45, 2.75) is 62.5 Å². The highest BCUT2D eigenvalue weighted by atomic mass is 32.2. The van der Waals surface area contributed by atoms with E-state index >= 15 is 0 Å². The lowest BCUT2D eigenvalue weighted by Gasteiger charge is -2.37. The number of hydrogen-bond donors (Lipinski definition) is 2. The molecule has 2 saturated carbocycles. The highest BCUT2D eigenvalue weighted by Gasteiger charge is 2.44. The smallest absolute Gasteiger partial charge is 0.233 e. The zero-order valence-corrected chi connectivity index (χ0v) is 14.0. The summed E-state index contributed by atoms with van der Waals surface area (Å²) in [4.78, 5) is 13.0. The van der Waals surface area contributed by atoms with Gasteiger partial charge in [-0.1, -0.05) is 44.3 Å². The third-order valence-corrected chi connectivity index (χ3v) is 6.94. The van der Waals surface area contributed by atoms with E-state index in [0.29, 0.717) is 4.99 Å². The molecule has 0 aromatic heterocycles. The zero-order chi connectivity index (χ0) is 14.6. The van der Waals surface area contributed by atoms with Crippen LogP contribution in [0.25, 0.3) is 0 Å². The van der Waals surface area contributed by atoms with Crippen molar-refractivity contribution in [3.8, 4) is 0 Å². The third kappa shape index (κ3) is 3.14. The molecule has 0 saturated heterocycles. The molecule has 114 valence electrons. The molecule has 2 aliphatic carbocycles. The Balaban J connectivity index is 1.98. The molecule has 0 aromatic rings. The van der Waals surface area contributed by atoms with Gasteiger partial charge < -0.3 is 11.1 Å². The summed E-state index contributed by atoms with van der Waals surface area (Å²) in [5, 5.41) is 3.18. The first-order valence-corrected chi connectivity index (χ1v) is 9.31. The van der Waals surface area contributed by atoms with Crippen LogP contribution in [0.2, 0.25) is 0 Å². The van der Waals surface area contributed by atoms with Gasteiger partial charge in [-0.3, -0.25) is 4.79 Å². The predicted molar refractivity (Wildman–Crippen MR) is 90.0 cm³/mol. The number of thioether (sulfide) groups is 1. The minimum atomic E-state index is -0.566. The molecule has 20 heavy (non-hydrogen) atoms. The summed E-state index contributed by atoms with van der Waals surface area (Å²) in [6.07, 6.45) is 12.2. The third-order valence-electron chi connectivity index (χ3n) is 5.13. The summed E-state index contributed by atoms with van der Waals surface area (Å²) in [5.74, 6) is 0.0708. The first-order valence-electron chi connectivity index (χ1n) is 7.68. The van der Waals surface area contributed by atoms with E-state index in [1.807, 2.05) is 11.8 Å². The van der Waals surface area contributed by atoms with Crippen LogP contribution in [0.4, 0.5) is 0 Å². The van der Waals surface area contributed by atoms with Crippen LogP contribution < -0.4 is 11.1 Å². The minimum Gasteiger partial charge on any atom is -0.392 e. The molecule has 0 bridgehead atoms. The number of carbonyl (C=O) groups excluding carboxylic acids is 1. The van der Waals surface area contributed by atoms with Gasteiger partial charge in [-0.15, -0.1) is 0 Å². The molecular formula is C15H26N2OS2. The van der Waals surface area contributed by atoms with Gasteiger partial charge in [-0.2, -0.15) is 11.8 Å². The van der Waals surface area contributed by atoms with Crippen molar-refractivity contribution < 1.29 is 4.79 Å². The Bertz CT molecular complexity index is 372. The topological polar surface area (TPSA) is 55.1 Å². The van der Waals surface area contributed by atoms with Crippen molar-refractivity contribution in [3.05, 3.63) is 0 Å². The average molecular weight is 315 g/mol. The number of thiocarbonyl (C=S) groups is 1. The van der Waals surface area contributed by atoms with Crippen molar-refractivity contribution in [2.75, 3.05) is 12.8 Å². The molecular weight excluding hydrogens is 288 g/mol. The van der Waals surface area contributed by atoms with Crippen LogP contribution in [0, 0.1) is 5.41 Å². The van der Waals surface area contributed by atoms with E-state index in [9.17, 15) is 4.79 Å². The number of nitrogens with two attached hydrogens (primary N) is 1. The van der Waals surface area contributed by atoms with E-state index in [0.717, 1.165) is 32.2 Å². The summed E-state index contributed by atoms with van der Waals surface area (Å²) >= 11 is 7.09. The van der Waals surface area contributed by atoms with Gasteiger partial charge in [0.2, 0.25) is 5.91 Å². The molecule has 2 rings (SSSR count). The number of amides is 1. The summed E-state index contributed by atoms with van der Waals surface area (Å²) in [6, 6.07) is 0. The van der Waals surface area contributed by atoms with Crippen molar-refractivity contribution in [3.63, 3.8) is 0 Å². The molecule has 5 heteroatoms.